The molecule has 2 fully saturated rings. The molecule has 3 heterocycles. The number of hydrogen-bond acceptors (Lipinski definition) is 5. The predicted molar refractivity (Wildman–Crippen MR) is 123 cm³/mol. The molecule has 0 radical (unpaired) electrons. The van der Waals surface area contributed by atoms with Crippen LogP contribution in [0.25, 0.3) is 6.08 Å². The van der Waals surface area contributed by atoms with E-state index in [4.69, 9.17) is 4.74 Å². The fraction of sp³-hybridized carbons (Fsp3) is 0.435. The molecule has 8 heteroatoms. The lowest BCUT2D eigenvalue weighted by Gasteiger charge is -2.39. The van der Waals surface area contributed by atoms with Gasteiger partial charge in [0.2, 0.25) is 15.9 Å². The van der Waals surface area contributed by atoms with E-state index >= 15 is 0 Å². The second-order valence-corrected chi connectivity index (χ2v) is 11.1. The Bertz CT molecular complexity index is 1070. The van der Waals surface area contributed by atoms with Gasteiger partial charge in [-0.05, 0) is 77.8 Å². The summed E-state index contributed by atoms with van der Waals surface area (Å²) in [5, 5.41) is 3.99. The van der Waals surface area contributed by atoms with Gasteiger partial charge in [-0.3, -0.25) is 4.79 Å². The third kappa shape index (κ3) is 4.56. The topological polar surface area (TPSA) is 66.9 Å². The van der Waals surface area contributed by atoms with E-state index in [1.54, 1.807) is 33.9 Å². The molecule has 6 nitrogen and oxygen atoms in total. The Morgan fingerprint density at radius 2 is 1.90 bits per heavy atom. The number of amides is 1. The van der Waals surface area contributed by atoms with E-state index in [2.05, 4.69) is 0 Å². The molecule has 4 rings (SSSR count). The highest BCUT2D eigenvalue weighted by Crippen LogP contribution is 2.43. The van der Waals surface area contributed by atoms with Crippen LogP contribution in [-0.2, 0) is 14.8 Å². The lowest BCUT2D eigenvalue weighted by atomic mass is 9.78. The average Bonchev–Trinajstić information content (AvgIpc) is 3.43. The van der Waals surface area contributed by atoms with E-state index in [0.29, 0.717) is 31.9 Å². The van der Waals surface area contributed by atoms with Crippen molar-refractivity contribution in [3.05, 3.63) is 52.2 Å². The number of methoxy groups -OCH3 is 1. The maximum Gasteiger partial charge on any atom is 0.246 e. The summed E-state index contributed by atoms with van der Waals surface area (Å²) < 4.78 is 33.6. The number of rotatable bonds is 5. The molecule has 0 aliphatic carbocycles. The van der Waals surface area contributed by atoms with Gasteiger partial charge in [-0.1, -0.05) is 6.07 Å². The summed E-state index contributed by atoms with van der Waals surface area (Å²) >= 11 is 1.61. The zero-order valence-electron chi connectivity index (χ0n) is 17.9. The molecule has 2 aromatic rings. The summed E-state index contributed by atoms with van der Waals surface area (Å²) in [6.45, 7) is 4.21. The van der Waals surface area contributed by atoms with Gasteiger partial charge in [-0.2, -0.15) is 15.6 Å². The van der Waals surface area contributed by atoms with Crippen molar-refractivity contribution in [2.45, 2.75) is 31.1 Å². The minimum atomic E-state index is -3.63. The van der Waals surface area contributed by atoms with Crippen molar-refractivity contribution in [2.24, 2.45) is 5.41 Å². The van der Waals surface area contributed by atoms with Gasteiger partial charge in [-0.25, -0.2) is 8.42 Å². The number of sulfonamides is 1. The molecule has 2 aliphatic heterocycles. The number of likely N-dealkylation sites (tertiary alicyclic amines) is 1. The Balaban J connectivity index is 1.41. The van der Waals surface area contributed by atoms with Gasteiger partial charge in [-0.15, -0.1) is 0 Å². The maximum atomic E-state index is 13.3. The third-order valence-electron chi connectivity index (χ3n) is 6.44. The van der Waals surface area contributed by atoms with Crippen LogP contribution in [0.4, 0.5) is 0 Å². The highest BCUT2D eigenvalue weighted by molar-refractivity contribution is 7.89. The average molecular weight is 461 g/mol. The molecule has 0 saturated carbocycles. The standard InChI is InChI=1S/C23H28N2O4S2/c1-18-3-5-20(29-2)21(15-18)31(27,28)25-13-10-23(17-25)8-11-24(12-9-23)22(26)6-4-19-7-14-30-16-19/h3-7,14-16H,8-13,17H2,1-2H3. The van der Waals surface area contributed by atoms with Gasteiger partial charge in [0.15, 0.2) is 0 Å². The van der Waals surface area contributed by atoms with E-state index in [9.17, 15) is 13.2 Å². The molecule has 1 amide bonds. The van der Waals surface area contributed by atoms with Crippen LogP contribution in [0.5, 0.6) is 5.75 Å². The van der Waals surface area contributed by atoms with Crippen molar-refractivity contribution >= 4 is 33.3 Å². The molecule has 1 aromatic carbocycles. The van der Waals surface area contributed by atoms with Crippen LogP contribution in [0.3, 0.4) is 0 Å². The number of carbonyl (C=O) groups is 1. The molecule has 0 bridgehead atoms. The third-order valence-corrected chi connectivity index (χ3v) is 9.01. The molecular formula is C23H28N2O4S2. The van der Waals surface area contributed by atoms with Crippen LogP contribution in [-0.4, -0.2) is 56.8 Å². The number of hydrogen-bond donors (Lipinski definition) is 0. The van der Waals surface area contributed by atoms with E-state index in [-0.39, 0.29) is 16.2 Å². The molecule has 31 heavy (non-hydrogen) atoms. The van der Waals surface area contributed by atoms with Crippen LogP contribution in [0.2, 0.25) is 0 Å². The van der Waals surface area contributed by atoms with Crippen molar-refractivity contribution in [3.63, 3.8) is 0 Å². The van der Waals surface area contributed by atoms with Crippen LogP contribution in [0.1, 0.15) is 30.4 Å². The minimum absolute atomic E-state index is 0.0213. The van der Waals surface area contributed by atoms with Crippen LogP contribution in [0.15, 0.2) is 46.0 Å². The molecule has 2 saturated heterocycles. The molecule has 0 atom stereocenters. The first-order valence-electron chi connectivity index (χ1n) is 10.5. The summed E-state index contributed by atoms with van der Waals surface area (Å²) in [7, 11) is -2.13. The van der Waals surface area contributed by atoms with Crippen LogP contribution < -0.4 is 4.74 Å². The molecular weight excluding hydrogens is 432 g/mol. The van der Waals surface area contributed by atoms with Crippen molar-refractivity contribution < 1.29 is 17.9 Å². The first-order chi connectivity index (χ1) is 14.8. The Kier molecular flexibility index (Phi) is 6.23. The second kappa shape index (κ2) is 8.76. The second-order valence-electron chi connectivity index (χ2n) is 8.46. The quantitative estimate of drug-likeness (QED) is 0.637. The predicted octanol–water partition coefficient (Wildman–Crippen LogP) is 3.78. The van der Waals surface area contributed by atoms with E-state index in [0.717, 1.165) is 30.4 Å². The number of thiophene rings is 1. The molecule has 1 spiro atoms. The van der Waals surface area contributed by atoms with Crippen molar-refractivity contribution in [2.75, 3.05) is 33.3 Å². The zero-order valence-corrected chi connectivity index (χ0v) is 19.5. The largest absolute Gasteiger partial charge is 0.495 e. The number of ether oxygens (including phenoxy) is 1. The smallest absolute Gasteiger partial charge is 0.246 e. The van der Waals surface area contributed by atoms with Crippen molar-refractivity contribution in [1.82, 2.24) is 9.21 Å². The Morgan fingerprint density at radius 3 is 2.58 bits per heavy atom. The summed E-state index contributed by atoms with van der Waals surface area (Å²) in [6, 6.07) is 7.22. The highest BCUT2D eigenvalue weighted by atomic mass is 32.2. The van der Waals surface area contributed by atoms with Gasteiger partial charge in [0, 0.05) is 32.3 Å². The summed E-state index contributed by atoms with van der Waals surface area (Å²) in [4.78, 5) is 14.6. The number of aryl methyl sites for hydroxylation is 1. The molecule has 0 unspecified atom stereocenters. The van der Waals surface area contributed by atoms with Gasteiger partial charge < -0.3 is 9.64 Å². The molecule has 2 aliphatic rings. The SMILES string of the molecule is COc1ccc(C)cc1S(=O)(=O)N1CCC2(CCN(C(=O)C=Cc3ccsc3)CC2)C1. The van der Waals surface area contributed by atoms with Gasteiger partial charge in [0.05, 0.1) is 7.11 Å². The lowest BCUT2D eigenvalue weighted by Crippen LogP contribution is -2.44. The van der Waals surface area contributed by atoms with Crippen molar-refractivity contribution in [3.8, 4) is 5.75 Å². The highest BCUT2D eigenvalue weighted by Gasteiger charge is 2.45. The lowest BCUT2D eigenvalue weighted by molar-refractivity contribution is -0.128. The number of nitrogens with zero attached hydrogens (tertiary/aromatic N) is 2. The Labute approximate surface area is 188 Å². The first kappa shape index (κ1) is 22.0. The Hall–Kier alpha value is -2.16. The van der Waals surface area contributed by atoms with Crippen LogP contribution >= 0.6 is 11.3 Å². The monoisotopic (exact) mass is 460 g/mol. The zero-order chi connectivity index (χ0) is 22.1. The molecule has 0 N–H and O–H groups in total. The maximum absolute atomic E-state index is 13.3. The molecule has 1 aromatic heterocycles. The molecule has 166 valence electrons. The normalized spacial score (nSPS) is 19.4. The first-order valence-corrected chi connectivity index (χ1v) is 12.9. The summed E-state index contributed by atoms with van der Waals surface area (Å²) in [5.74, 6) is 0.400. The van der Waals surface area contributed by atoms with Gasteiger partial charge in [0.1, 0.15) is 10.6 Å². The van der Waals surface area contributed by atoms with E-state index in [1.807, 2.05) is 40.8 Å². The number of carbonyl (C=O) groups excluding carboxylic acids is 1. The van der Waals surface area contributed by atoms with Gasteiger partial charge >= 0.3 is 0 Å². The minimum Gasteiger partial charge on any atom is -0.495 e. The van der Waals surface area contributed by atoms with Crippen molar-refractivity contribution in [1.29, 1.82) is 0 Å². The summed E-state index contributed by atoms with van der Waals surface area (Å²) in [5.41, 5.74) is 1.86. The van der Waals surface area contributed by atoms with Crippen LogP contribution in [0, 0.1) is 12.3 Å². The fourth-order valence-corrected chi connectivity index (χ4v) is 6.90. The fourth-order valence-electron chi connectivity index (χ4n) is 4.48. The van der Waals surface area contributed by atoms with E-state index < -0.39 is 10.0 Å². The van der Waals surface area contributed by atoms with E-state index in [1.165, 1.54) is 7.11 Å². The summed E-state index contributed by atoms with van der Waals surface area (Å²) in [6.07, 6.45) is 5.95. The number of benzene rings is 1. The van der Waals surface area contributed by atoms with Gasteiger partial charge in [0.25, 0.3) is 0 Å². The Morgan fingerprint density at radius 1 is 1.16 bits per heavy atom. The number of piperidine rings is 1.